The number of amides is 1. The summed E-state index contributed by atoms with van der Waals surface area (Å²) in [4.78, 5) is 11.7. The molecule has 0 atom stereocenters. The Bertz CT molecular complexity index is 263. The maximum atomic E-state index is 11.7. The molecule has 0 bridgehead atoms. The summed E-state index contributed by atoms with van der Waals surface area (Å²) < 4.78 is 0. The van der Waals surface area contributed by atoms with Crippen molar-refractivity contribution in [2.24, 2.45) is 5.92 Å². The maximum Gasteiger partial charge on any atom is 0.230 e. The monoisotopic (exact) mass is 287 g/mol. The van der Waals surface area contributed by atoms with Gasteiger partial charge in [0.25, 0.3) is 0 Å². The van der Waals surface area contributed by atoms with E-state index in [0.29, 0.717) is 12.3 Å². The first-order valence-corrected chi connectivity index (χ1v) is 8.82. The number of carbonyl (C=O) groups excluding carboxylic acids is 1. The van der Waals surface area contributed by atoms with Crippen molar-refractivity contribution in [1.82, 2.24) is 5.32 Å². The smallest absolute Gasteiger partial charge is 0.230 e. The maximum absolute atomic E-state index is 11.7. The number of unbranched alkanes of at least 4 members (excludes halogenated alkanes) is 1. The van der Waals surface area contributed by atoms with Crippen LogP contribution in [-0.4, -0.2) is 34.7 Å². The van der Waals surface area contributed by atoms with Crippen molar-refractivity contribution in [1.29, 1.82) is 0 Å². The van der Waals surface area contributed by atoms with Gasteiger partial charge in [0.15, 0.2) is 0 Å². The fraction of sp³-hybridized carbons (Fsp3) is 0.933. The van der Waals surface area contributed by atoms with Crippen molar-refractivity contribution in [3.05, 3.63) is 0 Å². The molecule has 0 aromatic carbocycles. The molecule has 1 aliphatic carbocycles. The molecule has 0 spiro atoms. The summed E-state index contributed by atoms with van der Waals surface area (Å²) in [6.45, 7) is 4.80. The lowest BCUT2D eigenvalue weighted by Gasteiger charge is -2.35. The average Bonchev–Trinajstić information content (AvgIpc) is 2.42. The molecule has 0 saturated heterocycles. The van der Waals surface area contributed by atoms with Crippen LogP contribution in [0, 0.1) is 5.92 Å². The van der Waals surface area contributed by atoms with Gasteiger partial charge in [-0.2, -0.15) is 11.8 Å². The highest BCUT2D eigenvalue weighted by Gasteiger charge is 2.32. The molecule has 1 amide bonds. The Morgan fingerprint density at radius 2 is 2.05 bits per heavy atom. The Morgan fingerprint density at radius 3 is 2.63 bits per heavy atom. The predicted molar refractivity (Wildman–Crippen MR) is 82.4 cm³/mol. The Labute approximate surface area is 121 Å². The Morgan fingerprint density at radius 1 is 1.37 bits per heavy atom. The van der Waals surface area contributed by atoms with Crippen LogP contribution >= 0.6 is 11.8 Å². The van der Waals surface area contributed by atoms with Crippen molar-refractivity contribution >= 4 is 17.7 Å². The summed E-state index contributed by atoms with van der Waals surface area (Å²) in [6.07, 6.45) is 7.38. The third kappa shape index (κ3) is 6.66. The highest BCUT2D eigenvalue weighted by molar-refractivity contribution is 7.99. The van der Waals surface area contributed by atoms with Gasteiger partial charge in [0.1, 0.15) is 0 Å². The zero-order valence-corrected chi connectivity index (χ0v) is 13.2. The van der Waals surface area contributed by atoms with E-state index in [9.17, 15) is 9.90 Å². The van der Waals surface area contributed by atoms with Crippen molar-refractivity contribution in [3.63, 3.8) is 0 Å². The summed E-state index contributed by atoms with van der Waals surface area (Å²) in [5, 5.41) is 13.3. The highest BCUT2D eigenvalue weighted by atomic mass is 32.2. The third-order valence-electron chi connectivity index (χ3n) is 4.10. The van der Waals surface area contributed by atoms with Gasteiger partial charge in [0.05, 0.1) is 11.4 Å². The molecule has 0 radical (unpaired) electrons. The summed E-state index contributed by atoms with van der Waals surface area (Å²) >= 11 is 1.68. The standard InChI is InChI=1S/C15H29NO2S/c1-3-5-10-19-11-14(17)16-12-15(18)8-6-13(4-2)7-9-15/h13,18H,3-12H2,1-2H3,(H,16,17). The van der Waals surface area contributed by atoms with Crippen LogP contribution < -0.4 is 5.32 Å². The SMILES string of the molecule is CCCCSCC(=O)NCC1(O)CCC(CC)CC1. The first-order chi connectivity index (χ1) is 9.09. The van der Waals surface area contributed by atoms with Gasteiger partial charge < -0.3 is 10.4 Å². The van der Waals surface area contributed by atoms with E-state index < -0.39 is 5.60 Å². The van der Waals surface area contributed by atoms with Crippen LogP contribution in [0.25, 0.3) is 0 Å². The number of thioether (sulfide) groups is 1. The largest absolute Gasteiger partial charge is 0.388 e. The molecule has 1 aliphatic rings. The molecule has 3 nitrogen and oxygen atoms in total. The minimum atomic E-state index is -0.657. The van der Waals surface area contributed by atoms with E-state index in [-0.39, 0.29) is 5.91 Å². The average molecular weight is 287 g/mol. The van der Waals surface area contributed by atoms with E-state index in [1.807, 2.05) is 0 Å². The Hall–Kier alpha value is -0.220. The molecule has 0 heterocycles. The molecule has 112 valence electrons. The second-order valence-corrected chi connectivity index (χ2v) is 6.86. The number of carbonyl (C=O) groups is 1. The summed E-state index contributed by atoms with van der Waals surface area (Å²) in [5.41, 5.74) is -0.657. The molecular weight excluding hydrogens is 258 g/mol. The Kier molecular flexibility index (Phi) is 7.84. The quantitative estimate of drug-likeness (QED) is 0.675. The van der Waals surface area contributed by atoms with Crippen LogP contribution in [-0.2, 0) is 4.79 Å². The van der Waals surface area contributed by atoms with Gasteiger partial charge in [-0.05, 0) is 43.8 Å². The summed E-state index contributed by atoms with van der Waals surface area (Å²) in [7, 11) is 0. The van der Waals surface area contributed by atoms with Crippen LogP contribution in [0.1, 0.15) is 58.8 Å². The van der Waals surface area contributed by atoms with Crippen LogP contribution in [0.3, 0.4) is 0 Å². The first kappa shape index (κ1) is 16.8. The fourth-order valence-electron chi connectivity index (χ4n) is 2.53. The first-order valence-electron chi connectivity index (χ1n) is 7.66. The lowest BCUT2D eigenvalue weighted by atomic mass is 9.78. The minimum absolute atomic E-state index is 0.0622. The van der Waals surface area contributed by atoms with Crippen molar-refractivity contribution < 1.29 is 9.90 Å². The number of rotatable bonds is 8. The van der Waals surface area contributed by atoms with E-state index >= 15 is 0 Å². The normalized spacial score (nSPS) is 27.2. The molecule has 0 unspecified atom stereocenters. The second kappa shape index (κ2) is 8.85. The van der Waals surface area contributed by atoms with E-state index in [4.69, 9.17) is 0 Å². The van der Waals surface area contributed by atoms with Gasteiger partial charge >= 0.3 is 0 Å². The van der Waals surface area contributed by atoms with E-state index in [2.05, 4.69) is 19.2 Å². The van der Waals surface area contributed by atoms with Gasteiger partial charge in [-0.3, -0.25) is 4.79 Å². The fourth-order valence-corrected chi connectivity index (χ4v) is 3.45. The molecule has 19 heavy (non-hydrogen) atoms. The lowest BCUT2D eigenvalue weighted by Crippen LogP contribution is -2.45. The van der Waals surface area contributed by atoms with Crippen LogP contribution in [0.15, 0.2) is 0 Å². The molecule has 0 aliphatic heterocycles. The van der Waals surface area contributed by atoms with Crippen molar-refractivity contribution in [2.45, 2.75) is 64.4 Å². The minimum Gasteiger partial charge on any atom is -0.388 e. The lowest BCUT2D eigenvalue weighted by molar-refractivity contribution is -0.120. The predicted octanol–water partition coefficient (Wildman–Crippen LogP) is 2.97. The van der Waals surface area contributed by atoms with E-state index in [1.165, 1.54) is 19.3 Å². The Balaban J connectivity index is 2.15. The van der Waals surface area contributed by atoms with Crippen LogP contribution in [0.5, 0.6) is 0 Å². The topological polar surface area (TPSA) is 49.3 Å². The number of nitrogens with one attached hydrogen (secondary N) is 1. The molecule has 4 heteroatoms. The summed E-state index contributed by atoms with van der Waals surface area (Å²) in [6, 6.07) is 0. The van der Waals surface area contributed by atoms with E-state index in [1.54, 1.807) is 11.8 Å². The van der Waals surface area contributed by atoms with Crippen molar-refractivity contribution in [3.8, 4) is 0 Å². The molecular formula is C15H29NO2S. The second-order valence-electron chi connectivity index (χ2n) is 5.76. The molecule has 0 aromatic rings. The van der Waals surface area contributed by atoms with Gasteiger partial charge in [0, 0.05) is 6.54 Å². The molecule has 2 N–H and O–H groups in total. The van der Waals surface area contributed by atoms with Crippen LogP contribution in [0.2, 0.25) is 0 Å². The molecule has 1 rings (SSSR count). The molecule has 0 aromatic heterocycles. The van der Waals surface area contributed by atoms with Gasteiger partial charge in [-0.1, -0.05) is 26.7 Å². The third-order valence-corrected chi connectivity index (χ3v) is 5.15. The van der Waals surface area contributed by atoms with Gasteiger partial charge in [-0.15, -0.1) is 0 Å². The van der Waals surface area contributed by atoms with E-state index in [0.717, 1.165) is 37.4 Å². The zero-order chi connectivity index (χ0) is 14.1. The molecule has 1 saturated carbocycles. The van der Waals surface area contributed by atoms with Gasteiger partial charge in [0.2, 0.25) is 5.91 Å². The summed E-state index contributed by atoms with van der Waals surface area (Å²) in [5.74, 6) is 2.40. The zero-order valence-electron chi connectivity index (χ0n) is 12.4. The van der Waals surface area contributed by atoms with Crippen molar-refractivity contribution in [2.75, 3.05) is 18.1 Å². The van der Waals surface area contributed by atoms with Crippen LogP contribution in [0.4, 0.5) is 0 Å². The highest BCUT2D eigenvalue weighted by Crippen LogP contribution is 2.33. The van der Waals surface area contributed by atoms with Gasteiger partial charge in [-0.25, -0.2) is 0 Å². The number of hydrogen-bond donors (Lipinski definition) is 2. The number of aliphatic hydroxyl groups is 1. The molecule has 1 fully saturated rings. The number of hydrogen-bond acceptors (Lipinski definition) is 3.